The minimum atomic E-state index is 0.242. The van der Waals surface area contributed by atoms with Gasteiger partial charge in [-0.3, -0.25) is 0 Å². The van der Waals surface area contributed by atoms with E-state index >= 15 is 0 Å². The first-order chi connectivity index (χ1) is 5.68. The number of benzene rings is 1. The van der Waals surface area contributed by atoms with Gasteiger partial charge in [-0.1, -0.05) is 23.5 Å². The second-order valence-corrected chi connectivity index (χ2v) is 3.76. The summed E-state index contributed by atoms with van der Waals surface area (Å²) in [6, 6.07) is 5.38. The molecule has 62 valence electrons. The number of fused-ring (bicyclic) bond motifs is 1. The van der Waals surface area contributed by atoms with Crippen LogP contribution >= 0.6 is 11.3 Å². The number of rotatable bonds is 0. The number of hydrogen-bond acceptors (Lipinski definition) is 3. The maximum atomic E-state index is 9.57. The summed E-state index contributed by atoms with van der Waals surface area (Å²) in [4.78, 5) is 0. The van der Waals surface area contributed by atoms with Gasteiger partial charge in [-0.25, -0.2) is 0 Å². The minimum absolute atomic E-state index is 0.242. The fourth-order valence-electron chi connectivity index (χ4n) is 1.17. The smallest absolute Gasteiger partial charge is 0.172 e. The summed E-state index contributed by atoms with van der Waals surface area (Å²) in [5.74, 6) is 0.276. The summed E-state index contributed by atoms with van der Waals surface area (Å²) in [6.45, 7) is 1.84. The van der Waals surface area contributed by atoms with Crippen molar-refractivity contribution in [1.29, 1.82) is 0 Å². The van der Waals surface area contributed by atoms with Gasteiger partial charge in [0.25, 0.3) is 0 Å². The summed E-state index contributed by atoms with van der Waals surface area (Å²) < 4.78 is 0.757. The van der Waals surface area contributed by atoms with Crippen LogP contribution < -0.4 is 0 Å². The average Bonchev–Trinajstić information content (AvgIpc) is 2.39. The van der Waals surface area contributed by atoms with E-state index in [0.29, 0.717) is 0 Å². The molecule has 1 aromatic carbocycles. The first-order valence-electron chi connectivity index (χ1n) is 3.59. The van der Waals surface area contributed by atoms with Gasteiger partial charge in [-0.05, 0) is 18.6 Å². The van der Waals surface area contributed by atoms with Crippen molar-refractivity contribution in [1.82, 2.24) is 0 Å². The molecule has 3 heteroatoms. The maximum absolute atomic E-state index is 9.57. The predicted octanol–water partition coefficient (Wildman–Crippen LogP) is 2.62. The molecule has 0 spiro atoms. The highest BCUT2D eigenvalue weighted by Crippen LogP contribution is 2.37. The minimum Gasteiger partial charge on any atom is -0.506 e. The van der Waals surface area contributed by atoms with Crippen molar-refractivity contribution in [3.8, 4) is 10.8 Å². The zero-order chi connectivity index (χ0) is 8.72. The standard InChI is InChI=1S/C9H8O2S/c1-5-2-3-6-4-7(10)12-9(6)8(5)11/h2-4,10-11H,1H3. The van der Waals surface area contributed by atoms with Crippen LogP contribution in [0.25, 0.3) is 10.1 Å². The zero-order valence-electron chi connectivity index (χ0n) is 6.53. The van der Waals surface area contributed by atoms with Gasteiger partial charge in [-0.15, -0.1) is 0 Å². The quantitative estimate of drug-likeness (QED) is 0.654. The van der Waals surface area contributed by atoms with Gasteiger partial charge in [0.05, 0.1) is 4.70 Å². The second kappa shape index (κ2) is 2.38. The molecule has 0 aliphatic rings. The zero-order valence-corrected chi connectivity index (χ0v) is 7.35. The molecule has 0 saturated heterocycles. The van der Waals surface area contributed by atoms with Crippen LogP contribution in [0, 0.1) is 6.92 Å². The summed E-state index contributed by atoms with van der Waals surface area (Å²) in [5, 5.41) is 19.9. The van der Waals surface area contributed by atoms with Crippen molar-refractivity contribution in [2.45, 2.75) is 6.92 Å². The lowest BCUT2D eigenvalue weighted by atomic mass is 10.2. The van der Waals surface area contributed by atoms with Crippen LogP contribution in [-0.2, 0) is 0 Å². The van der Waals surface area contributed by atoms with Crippen molar-refractivity contribution < 1.29 is 10.2 Å². The van der Waals surface area contributed by atoms with Crippen LogP contribution in [0.1, 0.15) is 5.56 Å². The Morgan fingerprint density at radius 3 is 2.75 bits per heavy atom. The summed E-state index contributed by atoms with van der Waals surface area (Å²) >= 11 is 1.20. The molecule has 0 unspecified atom stereocenters. The normalized spacial score (nSPS) is 10.8. The van der Waals surface area contributed by atoms with Crippen LogP contribution in [0.3, 0.4) is 0 Å². The third-order valence-electron chi connectivity index (χ3n) is 1.85. The highest BCUT2D eigenvalue weighted by Gasteiger charge is 2.06. The van der Waals surface area contributed by atoms with E-state index in [0.717, 1.165) is 15.6 Å². The van der Waals surface area contributed by atoms with Gasteiger partial charge in [0.15, 0.2) is 5.06 Å². The molecule has 2 rings (SSSR count). The monoisotopic (exact) mass is 180 g/mol. The van der Waals surface area contributed by atoms with E-state index in [1.807, 2.05) is 19.1 Å². The Labute approximate surface area is 73.7 Å². The van der Waals surface area contributed by atoms with E-state index in [1.54, 1.807) is 6.07 Å². The van der Waals surface area contributed by atoms with Crippen LogP contribution in [-0.4, -0.2) is 10.2 Å². The van der Waals surface area contributed by atoms with E-state index in [2.05, 4.69) is 0 Å². The van der Waals surface area contributed by atoms with Crippen molar-refractivity contribution in [2.75, 3.05) is 0 Å². The molecule has 0 saturated carbocycles. The Balaban J connectivity index is 2.89. The number of thiophene rings is 1. The Kier molecular flexibility index (Phi) is 1.48. The summed E-state index contributed by atoms with van der Waals surface area (Å²) in [6.07, 6.45) is 0. The largest absolute Gasteiger partial charge is 0.506 e. The molecule has 0 bridgehead atoms. The van der Waals surface area contributed by atoms with Crippen LogP contribution in [0.4, 0.5) is 0 Å². The average molecular weight is 180 g/mol. The molecular formula is C9H8O2S. The number of phenolic OH excluding ortho intramolecular Hbond substituents is 1. The lowest BCUT2D eigenvalue weighted by molar-refractivity contribution is 0.478. The molecular weight excluding hydrogens is 172 g/mol. The van der Waals surface area contributed by atoms with Crippen LogP contribution in [0.15, 0.2) is 18.2 Å². The van der Waals surface area contributed by atoms with Gasteiger partial charge in [0, 0.05) is 5.39 Å². The maximum Gasteiger partial charge on any atom is 0.172 e. The summed E-state index contributed by atoms with van der Waals surface area (Å²) in [7, 11) is 0. The molecule has 12 heavy (non-hydrogen) atoms. The number of aryl methyl sites for hydroxylation is 1. The van der Waals surface area contributed by atoms with E-state index in [9.17, 15) is 10.2 Å². The van der Waals surface area contributed by atoms with Gasteiger partial charge in [-0.2, -0.15) is 0 Å². The molecule has 2 aromatic rings. The van der Waals surface area contributed by atoms with E-state index in [1.165, 1.54) is 11.3 Å². The Morgan fingerprint density at radius 2 is 2.00 bits per heavy atom. The molecule has 2 nitrogen and oxygen atoms in total. The van der Waals surface area contributed by atoms with Gasteiger partial charge >= 0.3 is 0 Å². The molecule has 0 fully saturated rings. The van der Waals surface area contributed by atoms with E-state index in [4.69, 9.17) is 0 Å². The number of aromatic hydroxyl groups is 2. The third-order valence-corrected chi connectivity index (χ3v) is 2.81. The number of phenols is 1. The van der Waals surface area contributed by atoms with Crippen molar-refractivity contribution in [3.05, 3.63) is 23.8 Å². The highest BCUT2D eigenvalue weighted by molar-refractivity contribution is 7.21. The van der Waals surface area contributed by atoms with Gasteiger partial charge in [0.2, 0.25) is 0 Å². The third kappa shape index (κ3) is 0.940. The van der Waals surface area contributed by atoms with Crippen molar-refractivity contribution in [2.24, 2.45) is 0 Å². The van der Waals surface area contributed by atoms with E-state index < -0.39 is 0 Å². The SMILES string of the molecule is Cc1ccc2cc(O)sc2c1O. The first-order valence-corrected chi connectivity index (χ1v) is 4.41. The molecule has 2 N–H and O–H groups in total. The second-order valence-electron chi connectivity index (χ2n) is 2.73. The van der Waals surface area contributed by atoms with Gasteiger partial charge in [0.1, 0.15) is 5.75 Å². The lowest BCUT2D eigenvalue weighted by Gasteiger charge is -1.97. The Morgan fingerprint density at radius 1 is 1.25 bits per heavy atom. The Hall–Kier alpha value is -1.22. The fourth-order valence-corrected chi connectivity index (χ4v) is 2.07. The van der Waals surface area contributed by atoms with Crippen LogP contribution in [0.2, 0.25) is 0 Å². The molecule has 1 aromatic heterocycles. The lowest BCUT2D eigenvalue weighted by Crippen LogP contribution is -1.72. The fraction of sp³-hybridized carbons (Fsp3) is 0.111. The predicted molar refractivity (Wildman–Crippen MR) is 49.9 cm³/mol. The highest BCUT2D eigenvalue weighted by atomic mass is 32.1. The van der Waals surface area contributed by atoms with E-state index in [-0.39, 0.29) is 10.8 Å². The molecule has 0 aliphatic carbocycles. The molecule has 0 atom stereocenters. The molecule has 0 radical (unpaired) electrons. The Bertz CT molecular complexity index is 431. The molecule has 0 amide bonds. The molecule has 1 heterocycles. The van der Waals surface area contributed by atoms with Crippen LogP contribution in [0.5, 0.6) is 10.8 Å². The molecule has 0 aliphatic heterocycles. The van der Waals surface area contributed by atoms with Crippen molar-refractivity contribution >= 4 is 21.4 Å². The van der Waals surface area contributed by atoms with Crippen molar-refractivity contribution in [3.63, 3.8) is 0 Å². The first kappa shape index (κ1) is 7.43. The number of hydrogen-bond donors (Lipinski definition) is 2. The van der Waals surface area contributed by atoms with Gasteiger partial charge < -0.3 is 10.2 Å². The summed E-state index contributed by atoms with van der Waals surface area (Å²) in [5.41, 5.74) is 0.837. The topological polar surface area (TPSA) is 40.5 Å².